The normalized spacial score (nSPS) is 14.3. The standard InChI is InChI=1S/C14H21ClN2O/c1-9(2)7-13(16)14(18)17-10(3)11-5-4-6-12(15)8-11/h4-6,8-10,13H,7,16H2,1-3H3,(H,17,18)/t10-,13+/m1/s1. The van der Waals surface area contributed by atoms with Crippen LogP contribution in [0.2, 0.25) is 5.02 Å². The molecule has 1 aromatic carbocycles. The zero-order valence-electron chi connectivity index (χ0n) is 11.1. The molecule has 1 rings (SSSR count). The minimum atomic E-state index is -0.452. The van der Waals surface area contributed by atoms with Crippen molar-refractivity contribution >= 4 is 17.5 Å². The summed E-state index contributed by atoms with van der Waals surface area (Å²) < 4.78 is 0. The number of carbonyl (C=O) groups excluding carboxylic acids is 1. The first-order valence-corrected chi connectivity index (χ1v) is 6.59. The van der Waals surface area contributed by atoms with E-state index < -0.39 is 6.04 Å². The summed E-state index contributed by atoms with van der Waals surface area (Å²) in [5.41, 5.74) is 6.82. The van der Waals surface area contributed by atoms with Gasteiger partial charge in [-0.1, -0.05) is 37.6 Å². The van der Waals surface area contributed by atoms with Crippen LogP contribution in [-0.4, -0.2) is 11.9 Å². The predicted octanol–water partition coefficient (Wildman–Crippen LogP) is 2.89. The highest BCUT2D eigenvalue weighted by molar-refractivity contribution is 6.30. The molecule has 4 heteroatoms. The fourth-order valence-electron chi connectivity index (χ4n) is 1.79. The molecule has 0 unspecified atom stereocenters. The first-order chi connectivity index (χ1) is 8.40. The topological polar surface area (TPSA) is 55.1 Å². The Morgan fingerprint density at radius 1 is 1.39 bits per heavy atom. The molecule has 1 amide bonds. The maximum Gasteiger partial charge on any atom is 0.237 e. The Labute approximate surface area is 114 Å². The molecule has 2 atom stereocenters. The average molecular weight is 269 g/mol. The molecule has 3 N–H and O–H groups in total. The number of benzene rings is 1. The van der Waals surface area contributed by atoms with E-state index in [1.165, 1.54) is 0 Å². The van der Waals surface area contributed by atoms with E-state index in [1.54, 1.807) is 0 Å². The second kappa shape index (κ2) is 6.76. The molecular formula is C14H21ClN2O. The summed E-state index contributed by atoms with van der Waals surface area (Å²) in [6, 6.07) is 6.92. The first-order valence-electron chi connectivity index (χ1n) is 6.21. The van der Waals surface area contributed by atoms with Gasteiger partial charge in [0.15, 0.2) is 0 Å². The molecule has 0 aliphatic carbocycles. The van der Waals surface area contributed by atoms with Crippen LogP contribution in [0.1, 0.15) is 38.8 Å². The van der Waals surface area contributed by atoms with Crippen LogP contribution in [0.25, 0.3) is 0 Å². The number of carbonyl (C=O) groups is 1. The highest BCUT2D eigenvalue weighted by Crippen LogP contribution is 2.17. The van der Waals surface area contributed by atoms with Gasteiger partial charge in [0, 0.05) is 5.02 Å². The number of hydrogen-bond donors (Lipinski definition) is 2. The SMILES string of the molecule is CC(C)C[C@H](N)C(=O)N[C@H](C)c1cccc(Cl)c1. The fraction of sp³-hybridized carbons (Fsp3) is 0.500. The van der Waals surface area contributed by atoms with E-state index in [1.807, 2.05) is 45.0 Å². The summed E-state index contributed by atoms with van der Waals surface area (Å²) in [5.74, 6) is 0.295. The van der Waals surface area contributed by atoms with Crippen molar-refractivity contribution in [2.24, 2.45) is 11.7 Å². The van der Waals surface area contributed by atoms with E-state index in [0.29, 0.717) is 17.4 Å². The number of nitrogens with two attached hydrogens (primary N) is 1. The van der Waals surface area contributed by atoms with Crippen LogP contribution < -0.4 is 11.1 Å². The van der Waals surface area contributed by atoms with Crippen LogP contribution in [0, 0.1) is 5.92 Å². The van der Waals surface area contributed by atoms with E-state index in [4.69, 9.17) is 17.3 Å². The van der Waals surface area contributed by atoms with Gasteiger partial charge in [-0.2, -0.15) is 0 Å². The van der Waals surface area contributed by atoms with Crippen molar-refractivity contribution in [3.8, 4) is 0 Å². The van der Waals surface area contributed by atoms with E-state index in [0.717, 1.165) is 5.56 Å². The van der Waals surface area contributed by atoms with E-state index in [9.17, 15) is 4.79 Å². The minimum Gasteiger partial charge on any atom is -0.348 e. The van der Waals surface area contributed by atoms with E-state index in [2.05, 4.69) is 5.32 Å². The Morgan fingerprint density at radius 3 is 2.61 bits per heavy atom. The van der Waals surface area contributed by atoms with Crippen LogP contribution in [-0.2, 0) is 4.79 Å². The molecule has 0 fully saturated rings. The van der Waals surface area contributed by atoms with Gasteiger partial charge in [-0.25, -0.2) is 0 Å². The van der Waals surface area contributed by atoms with E-state index >= 15 is 0 Å². The minimum absolute atomic E-state index is 0.0885. The van der Waals surface area contributed by atoms with E-state index in [-0.39, 0.29) is 11.9 Å². The summed E-state index contributed by atoms with van der Waals surface area (Å²) in [4.78, 5) is 11.9. The highest BCUT2D eigenvalue weighted by atomic mass is 35.5. The Hall–Kier alpha value is -1.06. The molecule has 0 saturated carbocycles. The van der Waals surface area contributed by atoms with Crippen molar-refractivity contribution in [3.05, 3.63) is 34.9 Å². The van der Waals surface area contributed by atoms with Gasteiger partial charge >= 0.3 is 0 Å². The quantitative estimate of drug-likeness (QED) is 0.863. The number of nitrogens with one attached hydrogen (secondary N) is 1. The van der Waals surface area contributed by atoms with Crippen molar-refractivity contribution in [1.29, 1.82) is 0 Å². The Kier molecular flexibility index (Phi) is 5.63. The summed E-state index contributed by atoms with van der Waals surface area (Å²) >= 11 is 5.92. The summed E-state index contributed by atoms with van der Waals surface area (Å²) in [5, 5.41) is 3.57. The maximum absolute atomic E-state index is 11.9. The van der Waals surface area contributed by atoms with Gasteiger partial charge in [-0.3, -0.25) is 4.79 Å². The maximum atomic E-state index is 11.9. The third-order valence-electron chi connectivity index (χ3n) is 2.77. The molecule has 0 aliphatic heterocycles. The monoisotopic (exact) mass is 268 g/mol. The molecule has 0 bridgehead atoms. The predicted molar refractivity (Wildman–Crippen MR) is 75.4 cm³/mol. The lowest BCUT2D eigenvalue weighted by Gasteiger charge is -2.19. The highest BCUT2D eigenvalue weighted by Gasteiger charge is 2.17. The van der Waals surface area contributed by atoms with Crippen LogP contribution in [0.4, 0.5) is 0 Å². The Balaban J connectivity index is 2.59. The van der Waals surface area contributed by atoms with Gasteiger partial charge in [-0.05, 0) is 37.0 Å². The van der Waals surface area contributed by atoms with Gasteiger partial charge in [0.05, 0.1) is 12.1 Å². The molecule has 1 aromatic rings. The Morgan fingerprint density at radius 2 is 2.06 bits per heavy atom. The molecule has 0 spiro atoms. The lowest BCUT2D eigenvalue weighted by Crippen LogP contribution is -2.42. The third-order valence-corrected chi connectivity index (χ3v) is 3.00. The zero-order valence-corrected chi connectivity index (χ0v) is 11.9. The molecule has 0 heterocycles. The fourth-order valence-corrected chi connectivity index (χ4v) is 1.99. The van der Waals surface area contributed by atoms with Crippen LogP contribution in [0.15, 0.2) is 24.3 Å². The van der Waals surface area contributed by atoms with Crippen molar-refractivity contribution in [2.75, 3.05) is 0 Å². The van der Waals surface area contributed by atoms with Crippen LogP contribution in [0.5, 0.6) is 0 Å². The van der Waals surface area contributed by atoms with Gasteiger partial charge in [0.1, 0.15) is 0 Å². The van der Waals surface area contributed by atoms with Gasteiger partial charge in [0.25, 0.3) is 0 Å². The average Bonchev–Trinajstić information content (AvgIpc) is 2.27. The number of hydrogen-bond acceptors (Lipinski definition) is 2. The third kappa shape index (κ3) is 4.67. The molecule has 18 heavy (non-hydrogen) atoms. The number of amides is 1. The molecule has 0 saturated heterocycles. The molecule has 0 radical (unpaired) electrons. The van der Waals surface area contributed by atoms with Crippen molar-refractivity contribution in [1.82, 2.24) is 5.32 Å². The number of halogens is 1. The smallest absolute Gasteiger partial charge is 0.237 e. The van der Waals surface area contributed by atoms with Gasteiger partial charge in [0.2, 0.25) is 5.91 Å². The molecule has 100 valence electrons. The zero-order chi connectivity index (χ0) is 13.7. The molecule has 0 aromatic heterocycles. The van der Waals surface area contributed by atoms with Crippen molar-refractivity contribution in [3.63, 3.8) is 0 Å². The van der Waals surface area contributed by atoms with Gasteiger partial charge in [-0.15, -0.1) is 0 Å². The Bertz CT molecular complexity index is 407. The second-order valence-electron chi connectivity index (χ2n) is 5.02. The largest absolute Gasteiger partial charge is 0.348 e. The summed E-state index contributed by atoms with van der Waals surface area (Å²) in [6.45, 7) is 6.02. The van der Waals surface area contributed by atoms with Crippen LogP contribution in [0.3, 0.4) is 0 Å². The van der Waals surface area contributed by atoms with Crippen molar-refractivity contribution < 1.29 is 4.79 Å². The molecule has 0 aliphatic rings. The summed E-state index contributed by atoms with van der Waals surface area (Å²) in [7, 11) is 0. The summed E-state index contributed by atoms with van der Waals surface area (Å²) in [6.07, 6.45) is 0.689. The number of rotatable bonds is 5. The molecular weight excluding hydrogens is 248 g/mol. The molecule has 3 nitrogen and oxygen atoms in total. The first kappa shape index (κ1) is 15.0. The van der Waals surface area contributed by atoms with Crippen molar-refractivity contribution in [2.45, 2.75) is 39.3 Å². The van der Waals surface area contributed by atoms with Gasteiger partial charge < -0.3 is 11.1 Å². The second-order valence-corrected chi connectivity index (χ2v) is 5.46. The lowest BCUT2D eigenvalue weighted by atomic mass is 10.0. The van der Waals surface area contributed by atoms with Crippen LogP contribution >= 0.6 is 11.6 Å². The lowest BCUT2D eigenvalue weighted by molar-refractivity contribution is -0.123.